The minimum atomic E-state index is -0.388. The highest BCUT2D eigenvalue weighted by Crippen LogP contribution is 2.25. The SMILES string of the molecule is NC(=O)N1C=C2C=CC=C2C1. The van der Waals surface area contributed by atoms with Crippen LogP contribution in [0, 0.1) is 0 Å². The van der Waals surface area contributed by atoms with E-state index >= 15 is 0 Å². The zero-order chi connectivity index (χ0) is 7.84. The average molecular weight is 148 g/mol. The molecule has 0 aromatic rings. The van der Waals surface area contributed by atoms with Crippen LogP contribution in [0.3, 0.4) is 0 Å². The number of rotatable bonds is 0. The summed E-state index contributed by atoms with van der Waals surface area (Å²) >= 11 is 0. The van der Waals surface area contributed by atoms with Gasteiger partial charge < -0.3 is 5.73 Å². The molecule has 0 atom stereocenters. The summed E-state index contributed by atoms with van der Waals surface area (Å²) in [5.74, 6) is 0. The molecule has 1 aliphatic heterocycles. The van der Waals surface area contributed by atoms with Gasteiger partial charge in [0.25, 0.3) is 0 Å². The summed E-state index contributed by atoms with van der Waals surface area (Å²) in [6, 6.07) is -0.388. The summed E-state index contributed by atoms with van der Waals surface area (Å²) in [4.78, 5) is 12.2. The molecule has 1 aliphatic carbocycles. The molecule has 0 aromatic heterocycles. The number of primary amides is 1. The van der Waals surface area contributed by atoms with E-state index in [1.807, 2.05) is 18.2 Å². The van der Waals surface area contributed by atoms with Gasteiger partial charge in [0.1, 0.15) is 0 Å². The smallest absolute Gasteiger partial charge is 0.319 e. The summed E-state index contributed by atoms with van der Waals surface area (Å²) in [7, 11) is 0. The number of urea groups is 1. The van der Waals surface area contributed by atoms with E-state index in [1.54, 1.807) is 6.20 Å². The van der Waals surface area contributed by atoms with Crippen molar-refractivity contribution < 1.29 is 4.79 Å². The first-order chi connectivity index (χ1) is 5.27. The first kappa shape index (κ1) is 6.22. The molecule has 56 valence electrons. The Bertz CT molecular complexity index is 299. The quantitative estimate of drug-likeness (QED) is 0.541. The molecule has 0 fully saturated rings. The third-order valence-corrected chi connectivity index (χ3v) is 1.86. The Morgan fingerprint density at radius 2 is 2.45 bits per heavy atom. The summed E-state index contributed by atoms with van der Waals surface area (Å²) in [5, 5.41) is 0. The van der Waals surface area contributed by atoms with Gasteiger partial charge in [0.15, 0.2) is 0 Å². The van der Waals surface area contributed by atoms with Crippen LogP contribution in [0.1, 0.15) is 0 Å². The molecule has 2 N–H and O–H groups in total. The molecule has 3 nitrogen and oxygen atoms in total. The highest BCUT2D eigenvalue weighted by molar-refractivity contribution is 5.76. The first-order valence-electron chi connectivity index (χ1n) is 3.43. The van der Waals surface area contributed by atoms with E-state index in [0.29, 0.717) is 6.54 Å². The highest BCUT2D eigenvalue weighted by atomic mass is 16.2. The fourth-order valence-corrected chi connectivity index (χ4v) is 1.28. The highest BCUT2D eigenvalue weighted by Gasteiger charge is 2.20. The van der Waals surface area contributed by atoms with Crippen molar-refractivity contribution >= 4 is 6.03 Å². The number of carbonyl (C=O) groups is 1. The van der Waals surface area contributed by atoms with Gasteiger partial charge in [-0.1, -0.05) is 18.2 Å². The molecule has 2 rings (SSSR count). The van der Waals surface area contributed by atoms with Gasteiger partial charge in [0, 0.05) is 6.20 Å². The second-order valence-electron chi connectivity index (χ2n) is 2.60. The normalized spacial score (nSPS) is 19.8. The van der Waals surface area contributed by atoms with Crippen molar-refractivity contribution in [2.24, 2.45) is 5.73 Å². The van der Waals surface area contributed by atoms with Gasteiger partial charge in [-0.2, -0.15) is 0 Å². The van der Waals surface area contributed by atoms with Gasteiger partial charge in [0.2, 0.25) is 0 Å². The van der Waals surface area contributed by atoms with Crippen LogP contribution in [0.15, 0.2) is 35.6 Å². The predicted molar refractivity (Wildman–Crippen MR) is 41.6 cm³/mol. The Kier molecular flexibility index (Phi) is 1.12. The number of hydrogen-bond donors (Lipinski definition) is 1. The van der Waals surface area contributed by atoms with Gasteiger partial charge in [-0.25, -0.2) is 4.79 Å². The fraction of sp³-hybridized carbons (Fsp3) is 0.125. The van der Waals surface area contributed by atoms with E-state index in [9.17, 15) is 4.79 Å². The lowest BCUT2D eigenvalue weighted by molar-refractivity contribution is 0.229. The van der Waals surface area contributed by atoms with Crippen LogP contribution in [-0.2, 0) is 0 Å². The maximum atomic E-state index is 10.7. The van der Waals surface area contributed by atoms with Crippen molar-refractivity contribution in [3.63, 3.8) is 0 Å². The van der Waals surface area contributed by atoms with Crippen LogP contribution in [-0.4, -0.2) is 17.5 Å². The van der Waals surface area contributed by atoms with Crippen LogP contribution in [0.4, 0.5) is 4.79 Å². The zero-order valence-electron chi connectivity index (χ0n) is 5.95. The van der Waals surface area contributed by atoms with Crippen LogP contribution < -0.4 is 5.73 Å². The van der Waals surface area contributed by atoms with E-state index < -0.39 is 0 Å². The lowest BCUT2D eigenvalue weighted by Gasteiger charge is -2.07. The summed E-state index contributed by atoms with van der Waals surface area (Å²) in [6.07, 6.45) is 7.71. The number of fused-ring (bicyclic) bond motifs is 1. The minimum absolute atomic E-state index is 0.388. The average Bonchev–Trinajstić information content (AvgIpc) is 2.40. The molecule has 2 aliphatic rings. The molecule has 0 unspecified atom stereocenters. The fourth-order valence-electron chi connectivity index (χ4n) is 1.28. The molecule has 0 aromatic carbocycles. The second kappa shape index (κ2) is 1.99. The van der Waals surface area contributed by atoms with Crippen LogP contribution >= 0.6 is 0 Å². The monoisotopic (exact) mass is 148 g/mol. The molecule has 0 radical (unpaired) electrons. The van der Waals surface area contributed by atoms with Crippen LogP contribution in [0.25, 0.3) is 0 Å². The number of carbonyl (C=O) groups excluding carboxylic acids is 1. The topological polar surface area (TPSA) is 46.3 Å². The van der Waals surface area contributed by atoms with E-state index in [-0.39, 0.29) is 6.03 Å². The molecule has 0 bridgehead atoms. The number of amides is 2. The number of nitrogens with zero attached hydrogens (tertiary/aromatic N) is 1. The van der Waals surface area contributed by atoms with E-state index in [2.05, 4.69) is 0 Å². The van der Waals surface area contributed by atoms with Gasteiger partial charge in [0.05, 0.1) is 6.54 Å². The van der Waals surface area contributed by atoms with Crippen molar-refractivity contribution in [1.29, 1.82) is 0 Å². The lowest BCUT2D eigenvalue weighted by atomic mass is 10.2. The molecule has 0 saturated carbocycles. The maximum Gasteiger partial charge on any atom is 0.319 e. The maximum absolute atomic E-state index is 10.7. The van der Waals surface area contributed by atoms with Crippen molar-refractivity contribution in [3.8, 4) is 0 Å². The molecular formula is C8H8N2O. The summed E-state index contributed by atoms with van der Waals surface area (Å²) in [6.45, 7) is 0.623. The Balaban J connectivity index is 2.27. The van der Waals surface area contributed by atoms with Crippen molar-refractivity contribution in [1.82, 2.24) is 4.90 Å². The molecule has 11 heavy (non-hydrogen) atoms. The third kappa shape index (κ3) is 0.852. The van der Waals surface area contributed by atoms with Gasteiger partial charge in [-0.15, -0.1) is 0 Å². The predicted octanol–water partition coefficient (Wildman–Crippen LogP) is 0.761. The van der Waals surface area contributed by atoms with Crippen molar-refractivity contribution in [2.45, 2.75) is 0 Å². The van der Waals surface area contributed by atoms with Crippen LogP contribution in [0.2, 0.25) is 0 Å². The van der Waals surface area contributed by atoms with Crippen molar-refractivity contribution in [2.75, 3.05) is 6.54 Å². The second-order valence-corrected chi connectivity index (χ2v) is 2.60. The Labute approximate surface area is 64.5 Å². The number of hydrogen-bond acceptors (Lipinski definition) is 1. The Morgan fingerprint density at radius 1 is 1.64 bits per heavy atom. The summed E-state index contributed by atoms with van der Waals surface area (Å²) < 4.78 is 0. The van der Waals surface area contributed by atoms with Gasteiger partial charge >= 0.3 is 6.03 Å². The number of allylic oxidation sites excluding steroid dienone is 3. The molecule has 0 saturated heterocycles. The lowest BCUT2D eigenvalue weighted by Crippen LogP contribution is -2.29. The Morgan fingerprint density at radius 3 is 3.09 bits per heavy atom. The molecule has 1 heterocycles. The zero-order valence-corrected chi connectivity index (χ0v) is 5.95. The third-order valence-electron chi connectivity index (χ3n) is 1.86. The van der Waals surface area contributed by atoms with Crippen molar-refractivity contribution in [3.05, 3.63) is 35.6 Å². The van der Waals surface area contributed by atoms with Gasteiger partial charge in [-0.3, -0.25) is 4.90 Å². The molecule has 2 amide bonds. The van der Waals surface area contributed by atoms with Crippen LogP contribution in [0.5, 0.6) is 0 Å². The van der Waals surface area contributed by atoms with E-state index in [0.717, 1.165) is 5.57 Å². The molecule has 3 heteroatoms. The van der Waals surface area contributed by atoms with Gasteiger partial charge in [-0.05, 0) is 11.1 Å². The largest absolute Gasteiger partial charge is 0.351 e. The molecular weight excluding hydrogens is 140 g/mol. The molecule has 0 spiro atoms. The first-order valence-corrected chi connectivity index (χ1v) is 3.43. The summed E-state index contributed by atoms with van der Waals surface area (Å²) in [5.41, 5.74) is 7.36. The Hall–Kier alpha value is -1.51. The number of nitrogens with two attached hydrogens (primary N) is 1. The van der Waals surface area contributed by atoms with E-state index in [1.165, 1.54) is 10.5 Å². The van der Waals surface area contributed by atoms with E-state index in [4.69, 9.17) is 5.73 Å². The minimum Gasteiger partial charge on any atom is -0.351 e. The standard InChI is InChI=1S/C8H8N2O/c9-8(11)10-4-6-2-1-3-7(6)5-10/h1-4H,5H2,(H2,9,11).